The standard InChI is InChI=1S/C20H27N3O/c1-20(2,3)17-8-6-15(7-9-17)19(24)16-5-4-12-23(13-16)14-18-10-11-21-22-18/h6-11,16H,4-5,12-14H2,1-3H3,(H,21,22). The second kappa shape index (κ2) is 6.89. The lowest BCUT2D eigenvalue weighted by Crippen LogP contribution is -2.38. The summed E-state index contributed by atoms with van der Waals surface area (Å²) in [4.78, 5) is 15.2. The van der Waals surface area contributed by atoms with Gasteiger partial charge < -0.3 is 0 Å². The van der Waals surface area contributed by atoms with Crippen molar-refractivity contribution >= 4 is 5.78 Å². The Labute approximate surface area is 144 Å². The number of piperidine rings is 1. The second-order valence-electron chi connectivity index (χ2n) is 7.85. The Hall–Kier alpha value is -1.94. The molecule has 0 amide bonds. The van der Waals surface area contributed by atoms with Gasteiger partial charge in [0.05, 0.1) is 0 Å². The van der Waals surface area contributed by atoms with Crippen LogP contribution in [-0.4, -0.2) is 34.0 Å². The van der Waals surface area contributed by atoms with Gasteiger partial charge in [-0.1, -0.05) is 45.0 Å². The Morgan fingerprint density at radius 1 is 1.25 bits per heavy atom. The van der Waals surface area contributed by atoms with Crippen LogP contribution in [0.1, 0.15) is 55.2 Å². The van der Waals surface area contributed by atoms with Gasteiger partial charge in [-0.2, -0.15) is 5.10 Å². The van der Waals surface area contributed by atoms with Gasteiger partial charge in [-0.3, -0.25) is 14.8 Å². The van der Waals surface area contributed by atoms with E-state index in [0.717, 1.165) is 43.7 Å². The molecule has 0 spiro atoms. The second-order valence-corrected chi connectivity index (χ2v) is 7.85. The molecule has 4 nitrogen and oxygen atoms in total. The lowest BCUT2D eigenvalue weighted by atomic mass is 9.85. The van der Waals surface area contributed by atoms with Crippen molar-refractivity contribution < 1.29 is 4.79 Å². The van der Waals surface area contributed by atoms with Gasteiger partial charge in [-0.15, -0.1) is 0 Å². The number of likely N-dealkylation sites (tertiary alicyclic amines) is 1. The molecule has 1 saturated heterocycles. The van der Waals surface area contributed by atoms with E-state index >= 15 is 0 Å². The number of hydrogen-bond acceptors (Lipinski definition) is 3. The van der Waals surface area contributed by atoms with Crippen molar-refractivity contribution in [3.05, 3.63) is 53.3 Å². The van der Waals surface area contributed by atoms with Gasteiger partial charge in [-0.25, -0.2) is 0 Å². The van der Waals surface area contributed by atoms with E-state index in [0.29, 0.717) is 0 Å². The molecule has 2 aromatic rings. The summed E-state index contributed by atoms with van der Waals surface area (Å²) in [6.07, 6.45) is 3.84. The molecule has 2 heterocycles. The highest BCUT2D eigenvalue weighted by Crippen LogP contribution is 2.25. The van der Waals surface area contributed by atoms with Crippen LogP contribution >= 0.6 is 0 Å². The van der Waals surface area contributed by atoms with Crippen LogP contribution in [0.2, 0.25) is 0 Å². The smallest absolute Gasteiger partial charge is 0.167 e. The number of benzene rings is 1. The first-order valence-electron chi connectivity index (χ1n) is 8.79. The SMILES string of the molecule is CC(C)(C)c1ccc(C(=O)C2CCCN(Cc3ccn[nH]3)C2)cc1. The highest BCUT2D eigenvalue weighted by molar-refractivity contribution is 5.98. The van der Waals surface area contributed by atoms with Gasteiger partial charge in [0.15, 0.2) is 5.78 Å². The summed E-state index contributed by atoms with van der Waals surface area (Å²) in [7, 11) is 0. The average molecular weight is 325 g/mol. The Balaban J connectivity index is 1.65. The molecule has 4 heteroatoms. The highest BCUT2D eigenvalue weighted by atomic mass is 16.1. The molecule has 0 bridgehead atoms. The number of H-pyrrole nitrogens is 1. The molecular weight excluding hydrogens is 298 g/mol. The molecule has 1 N–H and O–H groups in total. The number of Topliss-reactive ketones (excluding diaryl/α,β-unsaturated/α-hetero) is 1. The number of nitrogens with one attached hydrogen (secondary N) is 1. The number of rotatable bonds is 4. The third-order valence-electron chi connectivity index (χ3n) is 4.86. The van der Waals surface area contributed by atoms with Crippen LogP contribution in [0.25, 0.3) is 0 Å². The Morgan fingerprint density at radius 2 is 2.00 bits per heavy atom. The van der Waals surface area contributed by atoms with Gasteiger partial charge >= 0.3 is 0 Å². The van der Waals surface area contributed by atoms with Crippen LogP contribution in [0.5, 0.6) is 0 Å². The van der Waals surface area contributed by atoms with Gasteiger partial charge in [-0.05, 0) is 36.4 Å². The molecule has 1 atom stereocenters. The predicted molar refractivity (Wildman–Crippen MR) is 96.1 cm³/mol. The van der Waals surface area contributed by atoms with E-state index < -0.39 is 0 Å². The number of aromatic nitrogens is 2. The Morgan fingerprint density at radius 3 is 2.62 bits per heavy atom. The van der Waals surface area contributed by atoms with Crippen molar-refractivity contribution in [2.45, 2.75) is 45.6 Å². The fraction of sp³-hybridized carbons (Fsp3) is 0.500. The molecule has 0 saturated carbocycles. The largest absolute Gasteiger partial charge is 0.297 e. The lowest BCUT2D eigenvalue weighted by Gasteiger charge is -2.31. The third-order valence-corrected chi connectivity index (χ3v) is 4.86. The van der Waals surface area contributed by atoms with E-state index in [-0.39, 0.29) is 17.1 Å². The highest BCUT2D eigenvalue weighted by Gasteiger charge is 2.27. The van der Waals surface area contributed by atoms with E-state index in [1.165, 1.54) is 5.56 Å². The summed E-state index contributed by atoms with van der Waals surface area (Å²) in [6, 6.07) is 10.2. The Bertz CT molecular complexity index is 668. The number of hydrogen-bond donors (Lipinski definition) is 1. The zero-order chi connectivity index (χ0) is 17.2. The number of aromatic amines is 1. The fourth-order valence-electron chi connectivity index (χ4n) is 3.40. The molecule has 1 fully saturated rings. The van der Waals surface area contributed by atoms with E-state index in [2.05, 4.69) is 48.0 Å². The molecule has 1 aromatic carbocycles. The topological polar surface area (TPSA) is 49.0 Å². The van der Waals surface area contributed by atoms with Crippen molar-refractivity contribution in [2.75, 3.05) is 13.1 Å². The molecule has 1 aliphatic heterocycles. The summed E-state index contributed by atoms with van der Waals surface area (Å²) in [5, 5.41) is 7.00. The number of ketones is 1. The number of carbonyl (C=O) groups is 1. The van der Waals surface area contributed by atoms with E-state index in [9.17, 15) is 4.79 Å². The molecule has 1 aliphatic rings. The molecular formula is C20H27N3O. The summed E-state index contributed by atoms with van der Waals surface area (Å²) in [5.41, 5.74) is 3.34. The first-order chi connectivity index (χ1) is 11.4. The zero-order valence-corrected chi connectivity index (χ0v) is 14.9. The van der Waals surface area contributed by atoms with Crippen LogP contribution < -0.4 is 0 Å². The van der Waals surface area contributed by atoms with Crippen LogP contribution in [-0.2, 0) is 12.0 Å². The molecule has 1 unspecified atom stereocenters. The molecule has 0 radical (unpaired) electrons. The van der Waals surface area contributed by atoms with Crippen molar-refractivity contribution in [3.63, 3.8) is 0 Å². The summed E-state index contributed by atoms with van der Waals surface area (Å²) >= 11 is 0. The van der Waals surface area contributed by atoms with Crippen LogP contribution in [0.3, 0.4) is 0 Å². The maximum atomic E-state index is 12.9. The van der Waals surface area contributed by atoms with Gasteiger partial charge in [0.25, 0.3) is 0 Å². The first-order valence-corrected chi connectivity index (χ1v) is 8.79. The van der Waals surface area contributed by atoms with Gasteiger partial charge in [0.1, 0.15) is 0 Å². The normalized spacial score (nSPS) is 19.4. The minimum Gasteiger partial charge on any atom is -0.297 e. The van der Waals surface area contributed by atoms with Crippen LogP contribution in [0.15, 0.2) is 36.5 Å². The maximum absolute atomic E-state index is 12.9. The molecule has 128 valence electrons. The van der Waals surface area contributed by atoms with Gasteiger partial charge in [0.2, 0.25) is 0 Å². The molecule has 0 aliphatic carbocycles. The van der Waals surface area contributed by atoms with E-state index in [4.69, 9.17) is 0 Å². The number of nitrogens with zero attached hydrogens (tertiary/aromatic N) is 2. The van der Waals surface area contributed by atoms with Crippen LogP contribution in [0.4, 0.5) is 0 Å². The minimum absolute atomic E-state index is 0.0992. The lowest BCUT2D eigenvalue weighted by molar-refractivity contribution is 0.0810. The third kappa shape index (κ3) is 3.93. The molecule has 1 aromatic heterocycles. The monoisotopic (exact) mass is 325 g/mol. The quantitative estimate of drug-likeness (QED) is 0.870. The summed E-state index contributed by atoms with van der Waals surface area (Å²) < 4.78 is 0. The van der Waals surface area contributed by atoms with Crippen molar-refractivity contribution in [2.24, 2.45) is 5.92 Å². The molecule has 3 rings (SSSR count). The van der Waals surface area contributed by atoms with Crippen molar-refractivity contribution in [1.29, 1.82) is 0 Å². The first kappa shape index (κ1) is 16.9. The van der Waals surface area contributed by atoms with Gasteiger partial charge in [0, 0.05) is 36.5 Å². The van der Waals surface area contributed by atoms with E-state index in [1.807, 2.05) is 18.2 Å². The average Bonchev–Trinajstić information content (AvgIpc) is 3.07. The summed E-state index contributed by atoms with van der Waals surface area (Å²) in [5.74, 6) is 0.381. The zero-order valence-electron chi connectivity index (χ0n) is 14.9. The van der Waals surface area contributed by atoms with Crippen molar-refractivity contribution in [1.82, 2.24) is 15.1 Å². The molecule has 24 heavy (non-hydrogen) atoms. The minimum atomic E-state index is 0.0992. The van der Waals surface area contributed by atoms with Crippen molar-refractivity contribution in [3.8, 4) is 0 Å². The van der Waals surface area contributed by atoms with E-state index in [1.54, 1.807) is 6.20 Å². The fourth-order valence-corrected chi connectivity index (χ4v) is 3.40. The predicted octanol–water partition coefficient (Wildman–Crippen LogP) is 3.80. The Kier molecular flexibility index (Phi) is 4.86. The number of carbonyl (C=O) groups excluding carboxylic acids is 1. The van der Waals surface area contributed by atoms with Crippen LogP contribution in [0, 0.1) is 5.92 Å². The maximum Gasteiger partial charge on any atom is 0.167 e. The summed E-state index contributed by atoms with van der Waals surface area (Å²) in [6.45, 7) is 9.30.